The number of morpholine rings is 1. The van der Waals surface area contributed by atoms with Crippen molar-refractivity contribution in [3.8, 4) is 0 Å². The summed E-state index contributed by atoms with van der Waals surface area (Å²) < 4.78 is 5.45. The number of carboxylic acids is 1. The third kappa shape index (κ3) is 3.20. The van der Waals surface area contributed by atoms with Crippen molar-refractivity contribution >= 4 is 11.9 Å². The van der Waals surface area contributed by atoms with Crippen molar-refractivity contribution < 1.29 is 19.4 Å². The number of carboxylic acid groups (broad SMARTS) is 1. The lowest BCUT2D eigenvalue weighted by atomic mass is 9.97. The fraction of sp³-hybridized carbons (Fsp3) is 0.818. The van der Waals surface area contributed by atoms with Gasteiger partial charge in [0.1, 0.15) is 6.61 Å². The Labute approximate surface area is 95.4 Å². The number of aliphatic carboxylic acids is 1. The molecule has 0 spiro atoms. The summed E-state index contributed by atoms with van der Waals surface area (Å²) in [5.74, 6) is -0.861. The largest absolute Gasteiger partial charge is 0.481 e. The molecule has 5 heteroatoms. The molecule has 1 unspecified atom stereocenters. The molecule has 0 aromatic heterocycles. The summed E-state index contributed by atoms with van der Waals surface area (Å²) in [6, 6.07) is 0.126. The van der Waals surface area contributed by atoms with Crippen LogP contribution in [0.4, 0.5) is 0 Å². The normalized spacial score (nSPS) is 26.2. The van der Waals surface area contributed by atoms with E-state index in [0.29, 0.717) is 13.0 Å². The van der Waals surface area contributed by atoms with Gasteiger partial charge in [-0.05, 0) is 27.2 Å². The smallest absolute Gasteiger partial charge is 0.303 e. The number of ether oxygens (including phenoxy) is 1. The molecule has 5 nitrogen and oxygen atoms in total. The van der Waals surface area contributed by atoms with Crippen LogP contribution in [0.1, 0.15) is 33.6 Å². The molecule has 0 radical (unpaired) electrons. The Hall–Kier alpha value is -1.10. The lowest BCUT2D eigenvalue weighted by molar-refractivity contribution is -0.166. The number of carbonyl (C=O) groups is 2. The summed E-state index contributed by atoms with van der Waals surface area (Å²) in [4.78, 5) is 23.8. The summed E-state index contributed by atoms with van der Waals surface area (Å²) >= 11 is 0. The summed E-state index contributed by atoms with van der Waals surface area (Å²) in [6.45, 7) is 6.27. The Balaban J connectivity index is 2.62. The highest BCUT2D eigenvalue weighted by atomic mass is 16.5. The molecule has 0 aromatic carbocycles. The number of rotatable bonds is 4. The van der Waals surface area contributed by atoms with Crippen molar-refractivity contribution in [2.45, 2.75) is 45.3 Å². The quantitative estimate of drug-likeness (QED) is 0.777. The van der Waals surface area contributed by atoms with Gasteiger partial charge in [0.15, 0.2) is 0 Å². The molecule has 1 heterocycles. The van der Waals surface area contributed by atoms with E-state index in [0.717, 1.165) is 0 Å². The van der Waals surface area contributed by atoms with Gasteiger partial charge in [-0.25, -0.2) is 0 Å². The monoisotopic (exact) mass is 229 g/mol. The second-order valence-corrected chi connectivity index (χ2v) is 4.75. The van der Waals surface area contributed by atoms with E-state index in [1.165, 1.54) is 0 Å². The topological polar surface area (TPSA) is 66.8 Å². The van der Waals surface area contributed by atoms with Crippen molar-refractivity contribution in [1.29, 1.82) is 0 Å². The van der Waals surface area contributed by atoms with Crippen LogP contribution in [0.3, 0.4) is 0 Å². The van der Waals surface area contributed by atoms with Crippen LogP contribution >= 0.6 is 0 Å². The first-order chi connectivity index (χ1) is 7.34. The zero-order valence-corrected chi connectivity index (χ0v) is 10.0. The van der Waals surface area contributed by atoms with E-state index in [9.17, 15) is 9.59 Å². The third-order valence-electron chi connectivity index (χ3n) is 2.86. The number of amides is 1. The van der Waals surface area contributed by atoms with Crippen molar-refractivity contribution in [3.63, 3.8) is 0 Å². The Kier molecular flexibility index (Phi) is 3.91. The van der Waals surface area contributed by atoms with Gasteiger partial charge in [-0.2, -0.15) is 0 Å². The Morgan fingerprint density at radius 2 is 2.25 bits per heavy atom. The summed E-state index contributed by atoms with van der Waals surface area (Å²) in [5, 5.41) is 8.65. The number of hydrogen-bond acceptors (Lipinski definition) is 3. The second kappa shape index (κ2) is 4.82. The maximum absolute atomic E-state index is 11.5. The van der Waals surface area contributed by atoms with Crippen molar-refractivity contribution in [2.75, 3.05) is 13.2 Å². The molecule has 1 amide bonds. The molecule has 92 valence electrons. The highest BCUT2D eigenvalue weighted by molar-refractivity contribution is 5.78. The Morgan fingerprint density at radius 1 is 1.62 bits per heavy atom. The lowest BCUT2D eigenvalue weighted by Gasteiger charge is -2.42. The van der Waals surface area contributed by atoms with Gasteiger partial charge >= 0.3 is 5.97 Å². The standard InChI is InChI=1S/C11H19NO4/c1-8(2)12-7-11(3,5-4-10(14)15)16-6-9(12)13/h8H,4-7H2,1-3H3,(H,14,15). The van der Waals surface area contributed by atoms with Crippen LogP contribution in [0.15, 0.2) is 0 Å². The molecule has 1 fully saturated rings. The van der Waals surface area contributed by atoms with Gasteiger partial charge in [0.25, 0.3) is 0 Å². The SMILES string of the molecule is CC(C)N1CC(C)(CCC(=O)O)OCC1=O. The van der Waals surface area contributed by atoms with Gasteiger partial charge in [0.05, 0.1) is 5.60 Å². The van der Waals surface area contributed by atoms with Crippen LogP contribution in [0.5, 0.6) is 0 Å². The average Bonchev–Trinajstić information content (AvgIpc) is 2.19. The molecular formula is C11H19NO4. The van der Waals surface area contributed by atoms with Crippen LogP contribution in [-0.4, -0.2) is 46.7 Å². The Bertz CT molecular complexity index is 290. The molecule has 0 saturated carbocycles. The van der Waals surface area contributed by atoms with E-state index in [-0.39, 0.29) is 25.0 Å². The molecule has 1 aliphatic rings. The van der Waals surface area contributed by atoms with Crippen molar-refractivity contribution in [3.05, 3.63) is 0 Å². The van der Waals surface area contributed by atoms with Crippen LogP contribution in [0, 0.1) is 0 Å². The predicted molar refractivity (Wildman–Crippen MR) is 58.1 cm³/mol. The van der Waals surface area contributed by atoms with Crippen LogP contribution < -0.4 is 0 Å². The van der Waals surface area contributed by atoms with Gasteiger partial charge in [0, 0.05) is 19.0 Å². The van der Waals surface area contributed by atoms with E-state index >= 15 is 0 Å². The van der Waals surface area contributed by atoms with E-state index in [4.69, 9.17) is 9.84 Å². The third-order valence-corrected chi connectivity index (χ3v) is 2.86. The molecule has 0 aromatic rings. The molecule has 0 bridgehead atoms. The number of hydrogen-bond donors (Lipinski definition) is 1. The maximum atomic E-state index is 11.5. The highest BCUT2D eigenvalue weighted by Gasteiger charge is 2.36. The van der Waals surface area contributed by atoms with E-state index in [1.54, 1.807) is 4.90 Å². The first-order valence-electron chi connectivity index (χ1n) is 5.49. The van der Waals surface area contributed by atoms with Gasteiger partial charge < -0.3 is 14.7 Å². The summed E-state index contributed by atoms with van der Waals surface area (Å²) in [5.41, 5.74) is -0.531. The van der Waals surface area contributed by atoms with Gasteiger partial charge in [-0.1, -0.05) is 0 Å². The van der Waals surface area contributed by atoms with Gasteiger partial charge in [0.2, 0.25) is 5.91 Å². The number of nitrogens with zero attached hydrogens (tertiary/aromatic N) is 1. The van der Waals surface area contributed by atoms with Gasteiger partial charge in [-0.3, -0.25) is 9.59 Å². The van der Waals surface area contributed by atoms with Crippen molar-refractivity contribution in [1.82, 2.24) is 4.90 Å². The predicted octanol–water partition coefficient (Wildman–Crippen LogP) is 0.877. The fourth-order valence-corrected chi connectivity index (χ4v) is 1.81. The highest BCUT2D eigenvalue weighted by Crippen LogP contribution is 2.24. The van der Waals surface area contributed by atoms with E-state index < -0.39 is 11.6 Å². The lowest BCUT2D eigenvalue weighted by Crippen LogP contribution is -2.55. The van der Waals surface area contributed by atoms with E-state index in [2.05, 4.69) is 0 Å². The second-order valence-electron chi connectivity index (χ2n) is 4.75. The molecule has 1 atom stereocenters. The zero-order valence-electron chi connectivity index (χ0n) is 10.0. The molecule has 0 aliphatic carbocycles. The zero-order chi connectivity index (χ0) is 12.3. The number of carbonyl (C=O) groups excluding carboxylic acids is 1. The minimum atomic E-state index is -0.835. The maximum Gasteiger partial charge on any atom is 0.303 e. The Morgan fingerprint density at radius 3 is 2.75 bits per heavy atom. The summed E-state index contributed by atoms with van der Waals surface area (Å²) in [7, 11) is 0. The fourth-order valence-electron chi connectivity index (χ4n) is 1.81. The molecule has 1 aliphatic heterocycles. The molecule has 1 rings (SSSR count). The van der Waals surface area contributed by atoms with Gasteiger partial charge in [-0.15, -0.1) is 0 Å². The summed E-state index contributed by atoms with van der Waals surface area (Å²) in [6.07, 6.45) is 0.495. The minimum Gasteiger partial charge on any atom is -0.481 e. The van der Waals surface area contributed by atoms with Crippen LogP contribution in [-0.2, 0) is 14.3 Å². The minimum absolute atomic E-state index is 0.0252. The molecular weight excluding hydrogens is 210 g/mol. The molecule has 16 heavy (non-hydrogen) atoms. The average molecular weight is 229 g/mol. The molecule has 1 N–H and O–H groups in total. The first-order valence-corrected chi connectivity index (χ1v) is 5.49. The van der Waals surface area contributed by atoms with Crippen LogP contribution in [0.25, 0.3) is 0 Å². The van der Waals surface area contributed by atoms with Crippen LogP contribution in [0.2, 0.25) is 0 Å². The first kappa shape index (κ1) is 13.0. The van der Waals surface area contributed by atoms with Crippen molar-refractivity contribution in [2.24, 2.45) is 0 Å². The molecule has 1 saturated heterocycles. The van der Waals surface area contributed by atoms with E-state index in [1.807, 2.05) is 20.8 Å².